The largest absolute Gasteiger partial charge is 0.490 e. The number of esters is 1. The predicted octanol–water partition coefficient (Wildman–Crippen LogP) is 1.14. The SMILES string of the molecule is COC(=O)c1ccn(CCOc2cccnc2)n1. The molecule has 2 rings (SSSR count). The zero-order valence-electron chi connectivity index (χ0n) is 9.94. The van der Waals surface area contributed by atoms with Crippen LogP contribution in [0.25, 0.3) is 0 Å². The molecule has 0 saturated carbocycles. The van der Waals surface area contributed by atoms with Gasteiger partial charge >= 0.3 is 5.97 Å². The van der Waals surface area contributed by atoms with Gasteiger partial charge in [0.2, 0.25) is 0 Å². The molecule has 0 amide bonds. The van der Waals surface area contributed by atoms with E-state index in [4.69, 9.17) is 4.74 Å². The fraction of sp³-hybridized carbons (Fsp3) is 0.250. The van der Waals surface area contributed by atoms with Crippen molar-refractivity contribution in [1.29, 1.82) is 0 Å². The minimum absolute atomic E-state index is 0.291. The molecular weight excluding hydrogens is 234 g/mol. The van der Waals surface area contributed by atoms with Gasteiger partial charge in [0, 0.05) is 12.4 Å². The number of carbonyl (C=O) groups is 1. The van der Waals surface area contributed by atoms with Gasteiger partial charge in [-0.25, -0.2) is 4.79 Å². The van der Waals surface area contributed by atoms with Gasteiger partial charge in [0.1, 0.15) is 12.4 Å². The number of hydrogen-bond donors (Lipinski definition) is 0. The normalized spacial score (nSPS) is 10.1. The van der Waals surface area contributed by atoms with Crippen LogP contribution in [0.15, 0.2) is 36.8 Å². The third-order valence-corrected chi connectivity index (χ3v) is 2.26. The summed E-state index contributed by atoms with van der Waals surface area (Å²) >= 11 is 0. The third-order valence-electron chi connectivity index (χ3n) is 2.26. The summed E-state index contributed by atoms with van der Waals surface area (Å²) in [6, 6.07) is 5.24. The van der Waals surface area contributed by atoms with Crippen LogP contribution >= 0.6 is 0 Å². The van der Waals surface area contributed by atoms with E-state index in [0.29, 0.717) is 24.6 Å². The molecule has 0 unspecified atom stereocenters. The topological polar surface area (TPSA) is 66.2 Å². The van der Waals surface area contributed by atoms with Crippen LogP contribution < -0.4 is 4.74 Å². The maximum atomic E-state index is 11.2. The second kappa shape index (κ2) is 5.81. The van der Waals surface area contributed by atoms with E-state index in [1.165, 1.54) is 7.11 Å². The zero-order chi connectivity index (χ0) is 12.8. The first-order chi connectivity index (χ1) is 8.79. The molecule has 0 saturated heterocycles. The molecule has 0 aliphatic rings. The Morgan fingerprint density at radius 2 is 2.33 bits per heavy atom. The zero-order valence-corrected chi connectivity index (χ0v) is 9.94. The van der Waals surface area contributed by atoms with Gasteiger partial charge in [-0.3, -0.25) is 9.67 Å². The van der Waals surface area contributed by atoms with Crippen LogP contribution in [0, 0.1) is 0 Å². The minimum atomic E-state index is -0.443. The summed E-state index contributed by atoms with van der Waals surface area (Å²) < 4.78 is 11.7. The van der Waals surface area contributed by atoms with E-state index in [1.54, 1.807) is 35.4 Å². The average Bonchev–Trinajstić information content (AvgIpc) is 2.88. The lowest BCUT2D eigenvalue weighted by atomic mass is 10.4. The Bertz CT molecular complexity index is 510. The number of nitrogens with zero attached hydrogens (tertiary/aromatic N) is 3. The van der Waals surface area contributed by atoms with Crippen LogP contribution in [0.2, 0.25) is 0 Å². The van der Waals surface area contributed by atoms with Crippen molar-refractivity contribution in [2.45, 2.75) is 6.54 Å². The Kier molecular flexibility index (Phi) is 3.90. The fourth-order valence-corrected chi connectivity index (χ4v) is 1.39. The Morgan fingerprint density at radius 1 is 1.44 bits per heavy atom. The van der Waals surface area contributed by atoms with E-state index < -0.39 is 5.97 Å². The summed E-state index contributed by atoms with van der Waals surface area (Å²) in [5, 5.41) is 4.06. The van der Waals surface area contributed by atoms with Gasteiger partial charge in [-0.2, -0.15) is 5.10 Å². The molecule has 0 aromatic carbocycles. The highest BCUT2D eigenvalue weighted by atomic mass is 16.5. The Morgan fingerprint density at radius 3 is 3.06 bits per heavy atom. The van der Waals surface area contributed by atoms with Crippen molar-refractivity contribution in [2.24, 2.45) is 0 Å². The molecule has 6 heteroatoms. The molecule has 94 valence electrons. The maximum Gasteiger partial charge on any atom is 0.358 e. The molecule has 0 fully saturated rings. The molecule has 6 nitrogen and oxygen atoms in total. The average molecular weight is 247 g/mol. The monoisotopic (exact) mass is 247 g/mol. The van der Waals surface area contributed by atoms with Crippen molar-refractivity contribution < 1.29 is 14.3 Å². The summed E-state index contributed by atoms with van der Waals surface area (Å²) in [6.45, 7) is 1.000. The molecule has 2 heterocycles. The van der Waals surface area contributed by atoms with Crippen molar-refractivity contribution in [3.8, 4) is 5.75 Å². The third kappa shape index (κ3) is 3.07. The fourth-order valence-electron chi connectivity index (χ4n) is 1.39. The van der Waals surface area contributed by atoms with Crippen molar-refractivity contribution >= 4 is 5.97 Å². The van der Waals surface area contributed by atoms with Gasteiger partial charge in [-0.05, 0) is 18.2 Å². The highest BCUT2D eigenvalue weighted by Gasteiger charge is 2.08. The molecule has 0 spiro atoms. The molecule has 0 radical (unpaired) electrons. The van der Waals surface area contributed by atoms with Crippen LogP contribution in [-0.4, -0.2) is 34.5 Å². The summed E-state index contributed by atoms with van der Waals surface area (Å²) in [5.74, 6) is 0.264. The summed E-state index contributed by atoms with van der Waals surface area (Å²) in [7, 11) is 1.33. The van der Waals surface area contributed by atoms with E-state index in [1.807, 2.05) is 6.07 Å². The number of pyridine rings is 1. The minimum Gasteiger partial charge on any atom is -0.490 e. The van der Waals surface area contributed by atoms with Crippen molar-refractivity contribution in [3.05, 3.63) is 42.5 Å². The molecule has 0 N–H and O–H groups in total. The maximum absolute atomic E-state index is 11.2. The summed E-state index contributed by atoms with van der Waals surface area (Å²) in [6.07, 6.45) is 5.03. The van der Waals surface area contributed by atoms with E-state index >= 15 is 0 Å². The van der Waals surface area contributed by atoms with E-state index in [-0.39, 0.29) is 0 Å². The van der Waals surface area contributed by atoms with Crippen molar-refractivity contribution in [1.82, 2.24) is 14.8 Å². The second-order valence-electron chi connectivity index (χ2n) is 3.49. The van der Waals surface area contributed by atoms with Crippen molar-refractivity contribution in [3.63, 3.8) is 0 Å². The number of carbonyl (C=O) groups excluding carboxylic acids is 1. The lowest BCUT2D eigenvalue weighted by Gasteiger charge is -2.05. The highest BCUT2D eigenvalue weighted by Crippen LogP contribution is 2.06. The Hall–Kier alpha value is -2.37. The smallest absolute Gasteiger partial charge is 0.358 e. The van der Waals surface area contributed by atoms with Crippen LogP contribution in [0.5, 0.6) is 5.75 Å². The van der Waals surface area contributed by atoms with Gasteiger partial charge in [0.05, 0.1) is 19.9 Å². The first-order valence-electron chi connectivity index (χ1n) is 5.44. The van der Waals surface area contributed by atoms with E-state index in [2.05, 4.69) is 14.8 Å². The molecule has 0 bridgehead atoms. The number of hydrogen-bond acceptors (Lipinski definition) is 5. The molecule has 0 atom stereocenters. The number of rotatable bonds is 5. The quantitative estimate of drug-likeness (QED) is 0.741. The predicted molar refractivity (Wildman–Crippen MR) is 63.3 cm³/mol. The number of aromatic nitrogens is 3. The summed E-state index contributed by atoms with van der Waals surface area (Å²) in [4.78, 5) is 15.1. The molecule has 0 aliphatic carbocycles. The number of ether oxygens (including phenoxy) is 2. The van der Waals surface area contributed by atoms with Gasteiger partial charge in [-0.15, -0.1) is 0 Å². The molecule has 18 heavy (non-hydrogen) atoms. The Labute approximate surface area is 104 Å². The first kappa shape index (κ1) is 12.1. The standard InChI is InChI=1S/C12H13N3O3/c1-17-12(16)11-4-6-15(14-11)7-8-18-10-3-2-5-13-9-10/h2-6,9H,7-8H2,1H3. The lowest BCUT2D eigenvalue weighted by molar-refractivity contribution is 0.0592. The van der Waals surface area contributed by atoms with Gasteiger partial charge < -0.3 is 9.47 Å². The van der Waals surface area contributed by atoms with E-state index in [9.17, 15) is 4.79 Å². The van der Waals surface area contributed by atoms with Gasteiger partial charge in [-0.1, -0.05) is 0 Å². The van der Waals surface area contributed by atoms with Crippen molar-refractivity contribution in [2.75, 3.05) is 13.7 Å². The molecule has 2 aromatic heterocycles. The lowest BCUT2D eigenvalue weighted by Crippen LogP contribution is -2.10. The first-order valence-corrected chi connectivity index (χ1v) is 5.44. The van der Waals surface area contributed by atoms with Gasteiger partial charge in [0.15, 0.2) is 5.69 Å². The molecule has 2 aromatic rings. The number of methoxy groups -OCH3 is 1. The van der Waals surface area contributed by atoms with Crippen LogP contribution in [0.3, 0.4) is 0 Å². The highest BCUT2D eigenvalue weighted by molar-refractivity contribution is 5.86. The van der Waals surface area contributed by atoms with Crippen LogP contribution in [0.1, 0.15) is 10.5 Å². The van der Waals surface area contributed by atoms with Crippen LogP contribution in [0.4, 0.5) is 0 Å². The van der Waals surface area contributed by atoms with E-state index in [0.717, 1.165) is 0 Å². The van der Waals surface area contributed by atoms with Crippen LogP contribution in [-0.2, 0) is 11.3 Å². The molecular formula is C12H13N3O3. The Balaban J connectivity index is 1.84. The molecule has 0 aliphatic heterocycles. The van der Waals surface area contributed by atoms with Gasteiger partial charge in [0.25, 0.3) is 0 Å². The second-order valence-corrected chi connectivity index (χ2v) is 3.49. The summed E-state index contributed by atoms with van der Waals surface area (Å²) in [5.41, 5.74) is 0.291.